The van der Waals surface area contributed by atoms with Crippen LogP contribution in [-0.4, -0.2) is 33.1 Å². The highest BCUT2D eigenvalue weighted by atomic mass is 16.4. The van der Waals surface area contributed by atoms with Crippen molar-refractivity contribution in [3.8, 4) is 0 Å². The Balaban J connectivity index is 2.78. The van der Waals surface area contributed by atoms with Crippen molar-refractivity contribution in [2.45, 2.75) is 63.1 Å². The number of rotatable bonds is 3. The normalized spacial score (nSPS) is 26.6. The average molecular weight is 202 g/mol. The standard InChI is InChI=1S/C11H22O3/c1-2-10(13,9-12)11(14)7-5-3-4-6-8-11/h12-14H,2-9H2,1H3. The zero-order chi connectivity index (χ0) is 10.7. The third-order valence-corrected chi connectivity index (χ3v) is 3.64. The SMILES string of the molecule is CCC(O)(CO)C1(O)CCCCCC1. The van der Waals surface area contributed by atoms with Gasteiger partial charge in [-0.05, 0) is 19.3 Å². The Morgan fingerprint density at radius 3 is 2.00 bits per heavy atom. The second kappa shape index (κ2) is 4.60. The number of hydrogen-bond donors (Lipinski definition) is 3. The summed E-state index contributed by atoms with van der Waals surface area (Å²) in [6.45, 7) is 1.46. The summed E-state index contributed by atoms with van der Waals surface area (Å²) in [5, 5.41) is 29.7. The Bertz CT molecular complexity index is 167. The van der Waals surface area contributed by atoms with Gasteiger partial charge < -0.3 is 15.3 Å². The van der Waals surface area contributed by atoms with Crippen LogP contribution in [0.15, 0.2) is 0 Å². The van der Waals surface area contributed by atoms with Crippen LogP contribution in [0.3, 0.4) is 0 Å². The van der Waals surface area contributed by atoms with Gasteiger partial charge in [0.15, 0.2) is 0 Å². The lowest BCUT2D eigenvalue weighted by Gasteiger charge is -2.41. The van der Waals surface area contributed by atoms with Crippen molar-refractivity contribution in [1.29, 1.82) is 0 Å². The van der Waals surface area contributed by atoms with Crippen molar-refractivity contribution in [1.82, 2.24) is 0 Å². The maximum atomic E-state index is 10.4. The fraction of sp³-hybridized carbons (Fsp3) is 1.00. The van der Waals surface area contributed by atoms with Crippen LogP contribution in [-0.2, 0) is 0 Å². The minimum atomic E-state index is -1.31. The van der Waals surface area contributed by atoms with Gasteiger partial charge in [-0.3, -0.25) is 0 Å². The zero-order valence-corrected chi connectivity index (χ0v) is 9.00. The minimum Gasteiger partial charge on any atom is -0.393 e. The molecule has 0 aromatic rings. The molecule has 0 aromatic heterocycles. The largest absolute Gasteiger partial charge is 0.393 e. The van der Waals surface area contributed by atoms with Crippen molar-refractivity contribution in [2.24, 2.45) is 0 Å². The molecule has 0 saturated heterocycles. The van der Waals surface area contributed by atoms with Gasteiger partial charge in [0.05, 0.1) is 12.2 Å². The third-order valence-electron chi connectivity index (χ3n) is 3.64. The van der Waals surface area contributed by atoms with E-state index in [-0.39, 0.29) is 6.61 Å². The van der Waals surface area contributed by atoms with Crippen LogP contribution in [0.2, 0.25) is 0 Å². The van der Waals surface area contributed by atoms with Gasteiger partial charge in [0, 0.05) is 0 Å². The lowest BCUT2D eigenvalue weighted by atomic mass is 9.76. The second-order valence-corrected chi connectivity index (χ2v) is 4.49. The molecule has 84 valence electrons. The minimum absolute atomic E-state index is 0.347. The van der Waals surface area contributed by atoms with E-state index in [9.17, 15) is 15.3 Å². The van der Waals surface area contributed by atoms with Gasteiger partial charge in [-0.25, -0.2) is 0 Å². The molecule has 3 nitrogen and oxygen atoms in total. The summed E-state index contributed by atoms with van der Waals surface area (Å²) in [5.74, 6) is 0. The Labute approximate surface area is 85.8 Å². The molecular formula is C11H22O3. The van der Waals surface area contributed by atoms with Crippen LogP contribution in [0.5, 0.6) is 0 Å². The molecule has 0 amide bonds. The molecule has 0 aliphatic heterocycles. The number of aliphatic hydroxyl groups excluding tert-OH is 1. The first-order valence-corrected chi connectivity index (χ1v) is 5.63. The molecule has 1 atom stereocenters. The van der Waals surface area contributed by atoms with Crippen molar-refractivity contribution < 1.29 is 15.3 Å². The summed E-state index contributed by atoms with van der Waals surface area (Å²) in [4.78, 5) is 0. The van der Waals surface area contributed by atoms with E-state index in [1.54, 1.807) is 6.92 Å². The summed E-state index contributed by atoms with van der Waals surface area (Å²) in [6.07, 6.45) is 5.74. The molecule has 1 saturated carbocycles. The fourth-order valence-electron chi connectivity index (χ4n) is 2.37. The predicted octanol–water partition coefficient (Wildman–Crippen LogP) is 1.21. The summed E-state index contributed by atoms with van der Waals surface area (Å²) < 4.78 is 0. The maximum Gasteiger partial charge on any atom is 0.116 e. The quantitative estimate of drug-likeness (QED) is 0.603. The topological polar surface area (TPSA) is 60.7 Å². The van der Waals surface area contributed by atoms with Crippen LogP contribution >= 0.6 is 0 Å². The Morgan fingerprint density at radius 1 is 1.14 bits per heavy atom. The van der Waals surface area contributed by atoms with Crippen LogP contribution in [0, 0.1) is 0 Å². The van der Waals surface area contributed by atoms with Crippen molar-refractivity contribution in [3.05, 3.63) is 0 Å². The Hall–Kier alpha value is -0.120. The molecule has 1 rings (SSSR count). The zero-order valence-electron chi connectivity index (χ0n) is 9.00. The molecule has 0 radical (unpaired) electrons. The van der Waals surface area contributed by atoms with Gasteiger partial charge in [0.1, 0.15) is 5.60 Å². The molecule has 0 bridgehead atoms. The van der Waals surface area contributed by atoms with E-state index in [1.165, 1.54) is 0 Å². The van der Waals surface area contributed by atoms with Gasteiger partial charge in [-0.1, -0.05) is 32.6 Å². The lowest BCUT2D eigenvalue weighted by molar-refractivity contribution is -0.179. The van der Waals surface area contributed by atoms with Crippen molar-refractivity contribution in [2.75, 3.05) is 6.61 Å². The molecule has 1 fully saturated rings. The van der Waals surface area contributed by atoms with Crippen LogP contribution in [0.1, 0.15) is 51.9 Å². The molecule has 0 heterocycles. The monoisotopic (exact) mass is 202 g/mol. The smallest absolute Gasteiger partial charge is 0.116 e. The second-order valence-electron chi connectivity index (χ2n) is 4.49. The van der Waals surface area contributed by atoms with Crippen molar-refractivity contribution >= 4 is 0 Å². The van der Waals surface area contributed by atoms with E-state index < -0.39 is 11.2 Å². The average Bonchev–Trinajstić information content (AvgIpc) is 2.43. The molecule has 14 heavy (non-hydrogen) atoms. The highest BCUT2D eigenvalue weighted by Crippen LogP contribution is 2.37. The first-order chi connectivity index (χ1) is 6.58. The van der Waals surface area contributed by atoms with Crippen molar-refractivity contribution in [3.63, 3.8) is 0 Å². The van der Waals surface area contributed by atoms with E-state index in [0.29, 0.717) is 19.3 Å². The lowest BCUT2D eigenvalue weighted by Crippen LogP contribution is -2.56. The highest BCUT2D eigenvalue weighted by molar-refractivity contribution is 4.99. The van der Waals surface area contributed by atoms with E-state index in [2.05, 4.69) is 0 Å². The maximum absolute atomic E-state index is 10.4. The summed E-state index contributed by atoms with van der Waals surface area (Å²) in [6, 6.07) is 0. The molecule has 1 unspecified atom stereocenters. The van der Waals surface area contributed by atoms with Gasteiger partial charge >= 0.3 is 0 Å². The van der Waals surface area contributed by atoms with Gasteiger partial charge in [0.2, 0.25) is 0 Å². The molecular weight excluding hydrogens is 180 g/mol. The van der Waals surface area contributed by atoms with E-state index >= 15 is 0 Å². The summed E-state index contributed by atoms with van der Waals surface area (Å²) in [5.41, 5.74) is -2.38. The van der Waals surface area contributed by atoms with E-state index in [1.807, 2.05) is 0 Å². The number of hydrogen-bond acceptors (Lipinski definition) is 3. The van der Waals surface area contributed by atoms with Gasteiger partial charge in [0.25, 0.3) is 0 Å². The van der Waals surface area contributed by atoms with Gasteiger partial charge in [-0.2, -0.15) is 0 Å². The van der Waals surface area contributed by atoms with Gasteiger partial charge in [-0.15, -0.1) is 0 Å². The van der Waals surface area contributed by atoms with Crippen LogP contribution < -0.4 is 0 Å². The third kappa shape index (κ3) is 2.10. The highest BCUT2D eigenvalue weighted by Gasteiger charge is 2.47. The Morgan fingerprint density at radius 2 is 1.64 bits per heavy atom. The molecule has 0 aromatic carbocycles. The summed E-state index contributed by atoms with van der Waals surface area (Å²) in [7, 11) is 0. The van der Waals surface area contributed by atoms with Crippen LogP contribution in [0.25, 0.3) is 0 Å². The molecule has 3 heteroatoms. The van der Waals surface area contributed by atoms with Crippen LogP contribution in [0.4, 0.5) is 0 Å². The fourth-order valence-corrected chi connectivity index (χ4v) is 2.37. The molecule has 0 spiro atoms. The number of aliphatic hydroxyl groups is 3. The summed E-state index contributed by atoms with van der Waals surface area (Å²) >= 11 is 0. The van der Waals surface area contributed by atoms with E-state index in [0.717, 1.165) is 25.7 Å². The molecule has 3 N–H and O–H groups in total. The first-order valence-electron chi connectivity index (χ1n) is 5.63. The first kappa shape index (κ1) is 12.0. The van der Waals surface area contributed by atoms with E-state index in [4.69, 9.17) is 0 Å². The Kier molecular flexibility index (Phi) is 3.93. The predicted molar refractivity (Wildman–Crippen MR) is 55.0 cm³/mol. The molecule has 1 aliphatic carbocycles. The molecule has 1 aliphatic rings.